The summed E-state index contributed by atoms with van der Waals surface area (Å²) in [5.41, 5.74) is 3.89. The van der Waals surface area contributed by atoms with Crippen molar-refractivity contribution in [3.63, 3.8) is 0 Å². The fourth-order valence-electron chi connectivity index (χ4n) is 4.40. The van der Waals surface area contributed by atoms with E-state index in [0.717, 1.165) is 44.6 Å². The standard InChI is InChI=1S/C23H28N2OS/c1-17-4-3-5-18(14-17)16-25-12-10-23(11-13-25)15-21(23)22(26)24-19-6-8-20(27-2)9-7-19/h3-9,14,21H,10-13,15-16H2,1-2H3,(H,24,26). The van der Waals surface area contributed by atoms with Gasteiger partial charge < -0.3 is 5.32 Å². The molecule has 1 saturated carbocycles. The topological polar surface area (TPSA) is 32.3 Å². The molecular weight excluding hydrogens is 352 g/mol. The minimum absolute atomic E-state index is 0.193. The number of benzene rings is 2. The molecule has 2 aliphatic rings. The molecule has 0 radical (unpaired) electrons. The van der Waals surface area contributed by atoms with Gasteiger partial charge in [0.1, 0.15) is 0 Å². The molecule has 142 valence electrons. The van der Waals surface area contributed by atoms with Gasteiger partial charge in [-0.2, -0.15) is 0 Å². The van der Waals surface area contributed by atoms with Crippen molar-refractivity contribution in [3.8, 4) is 0 Å². The lowest BCUT2D eigenvalue weighted by molar-refractivity contribution is -0.118. The highest BCUT2D eigenvalue weighted by atomic mass is 32.2. The van der Waals surface area contributed by atoms with Crippen LogP contribution in [0.3, 0.4) is 0 Å². The molecule has 2 aromatic carbocycles. The number of hydrogen-bond acceptors (Lipinski definition) is 3. The highest BCUT2D eigenvalue weighted by Crippen LogP contribution is 2.59. The largest absolute Gasteiger partial charge is 0.326 e. The maximum absolute atomic E-state index is 12.7. The first-order valence-corrected chi connectivity index (χ1v) is 11.0. The fourth-order valence-corrected chi connectivity index (χ4v) is 4.81. The number of amides is 1. The van der Waals surface area contributed by atoms with Crippen molar-refractivity contribution in [2.24, 2.45) is 11.3 Å². The summed E-state index contributed by atoms with van der Waals surface area (Å²) in [6.45, 7) is 5.37. The third kappa shape index (κ3) is 4.22. The molecule has 27 heavy (non-hydrogen) atoms. The first kappa shape index (κ1) is 18.6. The summed E-state index contributed by atoms with van der Waals surface area (Å²) >= 11 is 1.72. The number of nitrogens with zero attached hydrogens (tertiary/aromatic N) is 1. The molecule has 3 nitrogen and oxygen atoms in total. The molecule has 1 aliphatic carbocycles. The molecule has 2 fully saturated rings. The molecule has 1 heterocycles. The molecule has 1 atom stereocenters. The molecule has 0 bridgehead atoms. The Hall–Kier alpha value is -1.78. The van der Waals surface area contributed by atoms with E-state index in [1.165, 1.54) is 16.0 Å². The quantitative estimate of drug-likeness (QED) is 0.744. The normalized spacial score (nSPS) is 21.2. The van der Waals surface area contributed by atoms with E-state index < -0.39 is 0 Å². The average Bonchev–Trinajstić information content (AvgIpc) is 3.38. The van der Waals surface area contributed by atoms with Crippen LogP contribution in [0.5, 0.6) is 0 Å². The molecule has 1 unspecified atom stereocenters. The van der Waals surface area contributed by atoms with Crippen molar-refractivity contribution in [1.29, 1.82) is 0 Å². The number of anilines is 1. The van der Waals surface area contributed by atoms with Crippen LogP contribution in [0.2, 0.25) is 0 Å². The van der Waals surface area contributed by atoms with E-state index in [-0.39, 0.29) is 17.2 Å². The van der Waals surface area contributed by atoms with Crippen molar-refractivity contribution in [3.05, 3.63) is 59.7 Å². The maximum atomic E-state index is 12.7. The van der Waals surface area contributed by atoms with Gasteiger partial charge in [-0.3, -0.25) is 9.69 Å². The van der Waals surface area contributed by atoms with E-state index in [2.05, 4.69) is 59.8 Å². The smallest absolute Gasteiger partial charge is 0.228 e. The van der Waals surface area contributed by atoms with Gasteiger partial charge in [0.25, 0.3) is 0 Å². The summed E-state index contributed by atoms with van der Waals surface area (Å²) < 4.78 is 0. The van der Waals surface area contributed by atoms with E-state index in [1.807, 2.05) is 12.1 Å². The van der Waals surface area contributed by atoms with Gasteiger partial charge in [0.15, 0.2) is 0 Å². The van der Waals surface area contributed by atoms with Crippen LogP contribution in [0.4, 0.5) is 5.69 Å². The number of carbonyl (C=O) groups is 1. The van der Waals surface area contributed by atoms with Crippen LogP contribution in [0, 0.1) is 18.3 Å². The number of hydrogen-bond donors (Lipinski definition) is 1. The number of carbonyl (C=O) groups excluding carboxylic acids is 1. The lowest BCUT2D eigenvalue weighted by Gasteiger charge is -2.32. The second kappa shape index (κ2) is 7.69. The van der Waals surface area contributed by atoms with Crippen LogP contribution in [0.1, 0.15) is 30.4 Å². The Morgan fingerprint density at radius 3 is 2.59 bits per heavy atom. The zero-order chi connectivity index (χ0) is 18.9. The predicted molar refractivity (Wildman–Crippen MR) is 113 cm³/mol. The number of likely N-dealkylation sites (tertiary alicyclic amines) is 1. The van der Waals surface area contributed by atoms with Crippen molar-refractivity contribution in [1.82, 2.24) is 4.90 Å². The van der Waals surface area contributed by atoms with E-state index in [1.54, 1.807) is 11.8 Å². The SMILES string of the molecule is CSc1ccc(NC(=O)C2CC23CCN(Cc2cccc(C)c2)CC3)cc1. The summed E-state index contributed by atoms with van der Waals surface area (Å²) in [5, 5.41) is 3.12. The number of rotatable bonds is 5. The Morgan fingerprint density at radius 1 is 1.19 bits per heavy atom. The Labute approximate surface area is 166 Å². The number of aryl methyl sites for hydroxylation is 1. The summed E-state index contributed by atoms with van der Waals surface area (Å²) in [7, 11) is 0. The van der Waals surface area contributed by atoms with Crippen LogP contribution >= 0.6 is 11.8 Å². The van der Waals surface area contributed by atoms with Crippen molar-refractivity contribution < 1.29 is 4.79 Å². The van der Waals surface area contributed by atoms with Crippen molar-refractivity contribution >= 4 is 23.4 Å². The van der Waals surface area contributed by atoms with E-state index in [0.29, 0.717) is 0 Å². The third-order valence-corrected chi connectivity index (χ3v) is 6.95. The van der Waals surface area contributed by atoms with E-state index >= 15 is 0 Å². The average molecular weight is 381 g/mol. The second-order valence-electron chi connectivity index (χ2n) is 8.10. The minimum atomic E-state index is 0.193. The molecule has 1 saturated heterocycles. The molecule has 4 rings (SSSR count). The lowest BCUT2D eigenvalue weighted by atomic mass is 9.90. The van der Waals surface area contributed by atoms with Gasteiger partial charge in [-0.25, -0.2) is 0 Å². The molecule has 1 aliphatic heterocycles. The second-order valence-corrected chi connectivity index (χ2v) is 8.98. The summed E-state index contributed by atoms with van der Waals surface area (Å²) in [5.74, 6) is 0.401. The molecule has 1 amide bonds. The lowest BCUT2D eigenvalue weighted by Crippen LogP contribution is -2.35. The van der Waals surface area contributed by atoms with Crippen molar-refractivity contribution in [2.75, 3.05) is 24.7 Å². The molecule has 0 aromatic heterocycles. The number of piperidine rings is 1. The van der Waals surface area contributed by atoms with Crippen LogP contribution in [0.25, 0.3) is 0 Å². The minimum Gasteiger partial charge on any atom is -0.326 e. The number of thioether (sulfide) groups is 1. The van der Waals surface area contributed by atoms with Gasteiger partial charge in [-0.1, -0.05) is 29.8 Å². The van der Waals surface area contributed by atoms with Crippen LogP contribution < -0.4 is 5.32 Å². The summed E-state index contributed by atoms with van der Waals surface area (Å²) in [4.78, 5) is 16.4. The first-order valence-electron chi connectivity index (χ1n) is 9.81. The highest BCUT2D eigenvalue weighted by molar-refractivity contribution is 7.98. The zero-order valence-corrected chi connectivity index (χ0v) is 17.0. The Morgan fingerprint density at radius 2 is 1.93 bits per heavy atom. The monoisotopic (exact) mass is 380 g/mol. The maximum Gasteiger partial charge on any atom is 0.228 e. The number of nitrogens with one attached hydrogen (secondary N) is 1. The predicted octanol–water partition coefficient (Wildman–Crippen LogP) is 4.96. The fraction of sp³-hybridized carbons (Fsp3) is 0.435. The first-order chi connectivity index (χ1) is 13.1. The third-order valence-electron chi connectivity index (χ3n) is 6.20. The molecular formula is C23H28N2OS. The van der Waals surface area contributed by atoms with Gasteiger partial charge in [0.2, 0.25) is 5.91 Å². The van der Waals surface area contributed by atoms with Gasteiger partial charge in [-0.05, 0) is 80.8 Å². The Bertz CT molecular complexity index is 809. The molecule has 1 spiro atoms. The van der Waals surface area contributed by atoms with Crippen LogP contribution in [-0.4, -0.2) is 30.2 Å². The summed E-state index contributed by atoms with van der Waals surface area (Å²) in [6, 6.07) is 16.9. The Kier molecular flexibility index (Phi) is 5.29. The van der Waals surface area contributed by atoms with Gasteiger partial charge in [-0.15, -0.1) is 11.8 Å². The Balaban J connectivity index is 1.28. The van der Waals surface area contributed by atoms with Crippen LogP contribution in [0.15, 0.2) is 53.4 Å². The zero-order valence-electron chi connectivity index (χ0n) is 16.2. The van der Waals surface area contributed by atoms with Gasteiger partial charge in [0.05, 0.1) is 0 Å². The highest BCUT2D eigenvalue weighted by Gasteiger charge is 2.58. The van der Waals surface area contributed by atoms with E-state index in [4.69, 9.17) is 0 Å². The molecule has 4 heteroatoms. The van der Waals surface area contributed by atoms with Crippen molar-refractivity contribution in [2.45, 2.75) is 37.6 Å². The summed E-state index contributed by atoms with van der Waals surface area (Å²) in [6.07, 6.45) is 5.40. The molecule has 1 N–H and O–H groups in total. The van der Waals surface area contributed by atoms with Gasteiger partial charge >= 0.3 is 0 Å². The van der Waals surface area contributed by atoms with Gasteiger partial charge in [0, 0.05) is 23.0 Å². The van der Waals surface area contributed by atoms with Crippen LogP contribution in [-0.2, 0) is 11.3 Å². The van der Waals surface area contributed by atoms with E-state index in [9.17, 15) is 4.79 Å². The molecule has 2 aromatic rings.